The van der Waals surface area contributed by atoms with E-state index >= 15 is 0 Å². The second-order valence-corrected chi connectivity index (χ2v) is 7.01. The summed E-state index contributed by atoms with van der Waals surface area (Å²) < 4.78 is 5.18. The van der Waals surface area contributed by atoms with Crippen molar-refractivity contribution in [3.8, 4) is 0 Å². The van der Waals surface area contributed by atoms with Gasteiger partial charge in [0.25, 0.3) is 0 Å². The maximum atomic E-state index is 12.2. The molecule has 6 heteroatoms. The van der Waals surface area contributed by atoms with Crippen molar-refractivity contribution in [3.05, 3.63) is 52.6 Å². The number of hydrogen-bond donors (Lipinski definition) is 1. The van der Waals surface area contributed by atoms with Crippen LogP contribution in [0.1, 0.15) is 24.2 Å². The largest absolute Gasteiger partial charge is 0.465 e. The first-order valence-corrected chi connectivity index (χ1v) is 9.43. The Morgan fingerprint density at radius 2 is 2.16 bits per heavy atom. The lowest BCUT2D eigenvalue weighted by Gasteiger charge is -2.31. The molecule has 5 nitrogen and oxygen atoms in total. The second-order valence-electron chi connectivity index (χ2n) is 6.23. The molecule has 1 aliphatic rings. The molecule has 0 radical (unpaired) electrons. The van der Waals surface area contributed by atoms with Crippen LogP contribution in [0.25, 0.3) is 6.08 Å². The lowest BCUT2D eigenvalue weighted by molar-refractivity contribution is -0.127. The third kappa shape index (κ3) is 5.32. The molecule has 0 unspecified atom stereocenters. The first kappa shape index (κ1) is 17.5. The number of rotatable bonds is 6. The van der Waals surface area contributed by atoms with Gasteiger partial charge in [-0.3, -0.25) is 9.59 Å². The molecule has 0 saturated carbocycles. The highest BCUT2D eigenvalue weighted by molar-refractivity contribution is 7.08. The monoisotopic (exact) mass is 358 g/mol. The van der Waals surface area contributed by atoms with Crippen LogP contribution in [0.3, 0.4) is 0 Å². The summed E-state index contributed by atoms with van der Waals surface area (Å²) in [7, 11) is 0. The number of carbonyl (C=O) groups is 2. The molecule has 0 aromatic carbocycles. The fourth-order valence-electron chi connectivity index (χ4n) is 2.90. The molecule has 2 aromatic heterocycles. The molecule has 3 heterocycles. The third-order valence-electron chi connectivity index (χ3n) is 4.39. The van der Waals surface area contributed by atoms with Gasteiger partial charge in [-0.15, -0.1) is 0 Å². The van der Waals surface area contributed by atoms with E-state index in [-0.39, 0.29) is 11.8 Å². The van der Waals surface area contributed by atoms with Crippen molar-refractivity contribution in [2.24, 2.45) is 5.92 Å². The van der Waals surface area contributed by atoms with Crippen molar-refractivity contribution < 1.29 is 14.0 Å². The number of hydrogen-bond acceptors (Lipinski definition) is 4. The van der Waals surface area contributed by atoms with Crippen LogP contribution < -0.4 is 5.32 Å². The zero-order chi connectivity index (χ0) is 17.5. The van der Waals surface area contributed by atoms with E-state index < -0.39 is 0 Å². The summed E-state index contributed by atoms with van der Waals surface area (Å²) in [5, 5.41) is 7.00. The van der Waals surface area contributed by atoms with Crippen molar-refractivity contribution in [1.82, 2.24) is 10.2 Å². The molecule has 1 fully saturated rings. The molecule has 1 saturated heterocycles. The summed E-state index contributed by atoms with van der Waals surface area (Å²) in [6, 6.07) is 5.59. The van der Waals surface area contributed by atoms with Gasteiger partial charge in [0.2, 0.25) is 11.8 Å². The van der Waals surface area contributed by atoms with Crippen molar-refractivity contribution >= 4 is 29.2 Å². The Bertz CT molecular complexity index is 699. The van der Waals surface area contributed by atoms with Gasteiger partial charge < -0.3 is 14.6 Å². The summed E-state index contributed by atoms with van der Waals surface area (Å²) in [4.78, 5) is 26.0. The SMILES string of the molecule is O=C(Cc1ccsc1)NCC1CCN(C(=O)/C=C/c2ccco2)CC1. The van der Waals surface area contributed by atoms with E-state index in [1.54, 1.807) is 35.8 Å². The number of nitrogens with one attached hydrogen (secondary N) is 1. The third-order valence-corrected chi connectivity index (χ3v) is 5.12. The van der Waals surface area contributed by atoms with Crippen LogP contribution in [-0.4, -0.2) is 36.3 Å². The molecule has 0 aliphatic carbocycles. The molecule has 0 bridgehead atoms. The molecule has 132 valence electrons. The first-order valence-electron chi connectivity index (χ1n) is 8.49. The zero-order valence-electron chi connectivity index (χ0n) is 14.0. The highest BCUT2D eigenvalue weighted by atomic mass is 32.1. The Morgan fingerprint density at radius 3 is 2.84 bits per heavy atom. The summed E-state index contributed by atoms with van der Waals surface area (Å²) in [5.74, 6) is 1.19. The Balaban J connectivity index is 1.36. The Morgan fingerprint density at radius 1 is 1.32 bits per heavy atom. The van der Waals surface area contributed by atoms with E-state index in [4.69, 9.17) is 4.42 Å². The quantitative estimate of drug-likeness (QED) is 0.808. The average molecular weight is 358 g/mol. The lowest BCUT2D eigenvalue weighted by atomic mass is 9.96. The van der Waals surface area contributed by atoms with Gasteiger partial charge in [-0.2, -0.15) is 11.3 Å². The highest BCUT2D eigenvalue weighted by Crippen LogP contribution is 2.17. The fourth-order valence-corrected chi connectivity index (χ4v) is 3.57. The number of piperidine rings is 1. The minimum absolute atomic E-state index is 0.0105. The van der Waals surface area contributed by atoms with E-state index in [9.17, 15) is 9.59 Å². The minimum atomic E-state index is 0.0105. The molecule has 1 aliphatic heterocycles. The maximum Gasteiger partial charge on any atom is 0.246 e. The minimum Gasteiger partial charge on any atom is -0.465 e. The number of furan rings is 1. The van der Waals surface area contributed by atoms with Crippen LogP contribution in [0.5, 0.6) is 0 Å². The number of nitrogens with zero attached hydrogens (tertiary/aromatic N) is 1. The van der Waals surface area contributed by atoms with Crippen LogP contribution in [0.4, 0.5) is 0 Å². The normalized spacial score (nSPS) is 15.6. The lowest BCUT2D eigenvalue weighted by Crippen LogP contribution is -2.41. The second kappa shape index (κ2) is 8.67. The van der Waals surface area contributed by atoms with Crippen molar-refractivity contribution in [2.75, 3.05) is 19.6 Å². The van der Waals surface area contributed by atoms with E-state index in [0.29, 0.717) is 24.6 Å². The molecular formula is C19H22N2O3S. The van der Waals surface area contributed by atoms with Crippen LogP contribution in [0.2, 0.25) is 0 Å². The van der Waals surface area contributed by atoms with Gasteiger partial charge in [-0.1, -0.05) is 0 Å². The van der Waals surface area contributed by atoms with Crippen LogP contribution in [-0.2, 0) is 16.0 Å². The number of carbonyl (C=O) groups excluding carboxylic acids is 2. The van der Waals surface area contributed by atoms with Crippen molar-refractivity contribution in [1.29, 1.82) is 0 Å². The molecule has 25 heavy (non-hydrogen) atoms. The Kier molecular flexibility index (Phi) is 6.06. The smallest absolute Gasteiger partial charge is 0.246 e. The predicted octanol–water partition coefficient (Wildman–Crippen LogP) is 2.95. The molecule has 1 N–H and O–H groups in total. The van der Waals surface area contributed by atoms with E-state index in [1.165, 1.54) is 0 Å². The Hall–Kier alpha value is -2.34. The van der Waals surface area contributed by atoms with Gasteiger partial charge in [0.15, 0.2) is 0 Å². The van der Waals surface area contributed by atoms with E-state index in [0.717, 1.165) is 31.5 Å². The van der Waals surface area contributed by atoms with Gasteiger partial charge in [0.1, 0.15) is 5.76 Å². The molecule has 2 amide bonds. The molecule has 0 atom stereocenters. The Labute approximate surface area is 151 Å². The fraction of sp³-hybridized carbons (Fsp3) is 0.368. The standard InChI is InChI=1S/C19H22N2O3S/c22-18(12-16-7-11-25-14-16)20-13-15-5-8-21(9-6-15)19(23)4-3-17-2-1-10-24-17/h1-4,7,10-11,14-15H,5-6,8-9,12-13H2,(H,20,22)/b4-3+. The van der Waals surface area contributed by atoms with Crippen molar-refractivity contribution in [2.45, 2.75) is 19.3 Å². The van der Waals surface area contributed by atoms with Gasteiger partial charge in [-0.05, 0) is 59.4 Å². The number of amides is 2. The predicted molar refractivity (Wildman–Crippen MR) is 98.1 cm³/mol. The van der Waals surface area contributed by atoms with Crippen LogP contribution >= 0.6 is 11.3 Å². The van der Waals surface area contributed by atoms with Gasteiger partial charge >= 0.3 is 0 Å². The summed E-state index contributed by atoms with van der Waals surface area (Å²) in [6.45, 7) is 2.14. The van der Waals surface area contributed by atoms with Gasteiger partial charge in [-0.25, -0.2) is 0 Å². The summed E-state index contributed by atoms with van der Waals surface area (Å²) in [5.41, 5.74) is 1.06. The topological polar surface area (TPSA) is 62.6 Å². The summed E-state index contributed by atoms with van der Waals surface area (Å²) in [6.07, 6.45) is 7.11. The van der Waals surface area contributed by atoms with Crippen LogP contribution in [0.15, 0.2) is 45.7 Å². The van der Waals surface area contributed by atoms with Gasteiger partial charge in [0.05, 0.1) is 12.7 Å². The number of likely N-dealkylation sites (tertiary alicyclic amines) is 1. The van der Waals surface area contributed by atoms with Crippen LogP contribution in [0, 0.1) is 5.92 Å². The zero-order valence-corrected chi connectivity index (χ0v) is 14.8. The molecule has 3 rings (SSSR count). The van der Waals surface area contributed by atoms with E-state index in [2.05, 4.69) is 5.32 Å². The molecular weight excluding hydrogens is 336 g/mol. The molecule has 2 aromatic rings. The van der Waals surface area contributed by atoms with E-state index in [1.807, 2.05) is 27.8 Å². The summed E-state index contributed by atoms with van der Waals surface area (Å²) >= 11 is 1.60. The highest BCUT2D eigenvalue weighted by Gasteiger charge is 2.22. The first-order chi connectivity index (χ1) is 12.2. The van der Waals surface area contributed by atoms with Gasteiger partial charge in [0, 0.05) is 25.7 Å². The van der Waals surface area contributed by atoms with Crippen molar-refractivity contribution in [3.63, 3.8) is 0 Å². The molecule has 0 spiro atoms. The average Bonchev–Trinajstić information content (AvgIpc) is 3.32. The maximum absolute atomic E-state index is 12.2. The number of thiophene rings is 1.